The van der Waals surface area contributed by atoms with Gasteiger partial charge in [-0.2, -0.15) is 18.3 Å². The van der Waals surface area contributed by atoms with Crippen molar-refractivity contribution in [1.29, 1.82) is 0 Å². The van der Waals surface area contributed by atoms with Gasteiger partial charge in [-0.05, 0) is 24.3 Å². The fourth-order valence-electron chi connectivity index (χ4n) is 2.19. The average Bonchev–Trinajstić information content (AvgIpc) is 3.00. The van der Waals surface area contributed by atoms with E-state index in [2.05, 4.69) is 10.4 Å². The number of aromatic carboxylic acids is 1. The number of carboxylic acids is 1. The topological polar surface area (TPSA) is 105 Å². The van der Waals surface area contributed by atoms with Crippen molar-refractivity contribution in [2.45, 2.75) is 13.1 Å². The number of carbonyl (C=O) groups is 3. The summed E-state index contributed by atoms with van der Waals surface area (Å²) in [7, 11) is 1.45. The highest BCUT2D eigenvalue weighted by Crippen LogP contribution is 2.33. The second kappa shape index (κ2) is 7.48. The molecule has 27 heavy (non-hydrogen) atoms. The number of halogens is 3. The van der Waals surface area contributed by atoms with Crippen LogP contribution in [0, 0.1) is 0 Å². The molecule has 2 rings (SSSR count). The van der Waals surface area contributed by atoms with Gasteiger partial charge in [0.05, 0.1) is 18.4 Å². The number of hydrogen-bond donors (Lipinski definition) is 2. The van der Waals surface area contributed by atoms with Crippen molar-refractivity contribution in [3.63, 3.8) is 0 Å². The summed E-state index contributed by atoms with van der Waals surface area (Å²) in [5, 5.41) is 14.9. The molecule has 8 nitrogen and oxygen atoms in total. The van der Waals surface area contributed by atoms with E-state index in [-0.39, 0.29) is 18.1 Å². The van der Waals surface area contributed by atoms with Crippen LogP contribution in [-0.2, 0) is 15.8 Å². The van der Waals surface area contributed by atoms with Crippen LogP contribution in [0.4, 0.5) is 18.9 Å². The van der Waals surface area contributed by atoms with Crippen LogP contribution >= 0.6 is 0 Å². The molecule has 0 saturated heterocycles. The van der Waals surface area contributed by atoms with E-state index < -0.39 is 29.3 Å². The van der Waals surface area contributed by atoms with Crippen molar-refractivity contribution in [3.05, 3.63) is 41.7 Å². The number of carboxylic acid groups (broad SMARTS) is 1. The largest absolute Gasteiger partial charge is 0.478 e. The minimum Gasteiger partial charge on any atom is -0.478 e. The number of nitrogens with zero attached hydrogens (tertiary/aromatic N) is 3. The minimum atomic E-state index is -4.92. The minimum absolute atomic E-state index is 0.0336. The third kappa shape index (κ3) is 4.63. The lowest BCUT2D eigenvalue weighted by Gasteiger charge is -2.15. The Balaban J connectivity index is 2.25. The van der Waals surface area contributed by atoms with Crippen molar-refractivity contribution in [3.8, 4) is 5.69 Å². The number of amides is 2. The van der Waals surface area contributed by atoms with Gasteiger partial charge in [-0.1, -0.05) is 0 Å². The number of anilines is 1. The summed E-state index contributed by atoms with van der Waals surface area (Å²) in [4.78, 5) is 35.1. The van der Waals surface area contributed by atoms with Gasteiger partial charge < -0.3 is 15.3 Å². The fourth-order valence-corrected chi connectivity index (χ4v) is 2.19. The number of alkyl halides is 3. The molecule has 0 unspecified atom stereocenters. The first-order chi connectivity index (χ1) is 12.5. The first-order valence-corrected chi connectivity index (χ1v) is 7.51. The maximum atomic E-state index is 13.2. The molecule has 2 aromatic rings. The summed E-state index contributed by atoms with van der Waals surface area (Å²) in [6.07, 6.45) is -4.30. The lowest BCUT2D eigenvalue weighted by molar-refractivity contribution is -0.143. The monoisotopic (exact) mass is 384 g/mol. The zero-order valence-corrected chi connectivity index (χ0v) is 14.2. The van der Waals surface area contributed by atoms with Crippen molar-refractivity contribution in [2.24, 2.45) is 0 Å². The number of nitrogens with one attached hydrogen (secondary N) is 1. The first kappa shape index (κ1) is 19.9. The molecule has 0 atom stereocenters. The summed E-state index contributed by atoms with van der Waals surface area (Å²) >= 11 is 0. The molecule has 0 saturated carbocycles. The second-order valence-corrected chi connectivity index (χ2v) is 5.59. The zero-order valence-electron chi connectivity index (χ0n) is 14.2. The molecule has 2 amide bonds. The highest BCUT2D eigenvalue weighted by atomic mass is 19.4. The maximum absolute atomic E-state index is 13.2. The van der Waals surface area contributed by atoms with Gasteiger partial charge >= 0.3 is 12.1 Å². The Labute approximate surface area is 151 Å². The smallest absolute Gasteiger partial charge is 0.434 e. The van der Waals surface area contributed by atoms with E-state index in [9.17, 15) is 27.6 Å². The number of likely N-dealkylation sites (N-methyl/N-ethyl adjacent to an activating group) is 1. The van der Waals surface area contributed by atoms with E-state index >= 15 is 0 Å². The molecule has 144 valence electrons. The third-order valence-electron chi connectivity index (χ3n) is 3.58. The van der Waals surface area contributed by atoms with Crippen LogP contribution in [-0.4, -0.2) is 51.2 Å². The number of rotatable bonds is 5. The second-order valence-electron chi connectivity index (χ2n) is 5.59. The number of benzene rings is 1. The lowest BCUT2D eigenvalue weighted by Crippen LogP contribution is -2.33. The molecule has 1 aromatic carbocycles. The van der Waals surface area contributed by atoms with Crippen LogP contribution in [0.3, 0.4) is 0 Å². The van der Waals surface area contributed by atoms with Gasteiger partial charge in [0.2, 0.25) is 11.8 Å². The first-order valence-electron chi connectivity index (χ1n) is 7.51. The van der Waals surface area contributed by atoms with Gasteiger partial charge in [0.25, 0.3) is 0 Å². The number of hydrogen-bond acceptors (Lipinski definition) is 4. The van der Waals surface area contributed by atoms with Crippen LogP contribution in [0.2, 0.25) is 0 Å². The van der Waals surface area contributed by atoms with E-state index in [1.165, 1.54) is 43.1 Å². The van der Waals surface area contributed by atoms with Crippen molar-refractivity contribution < 1.29 is 32.7 Å². The van der Waals surface area contributed by atoms with Crippen molar-refractivity contribution in [2.75, 3.05) is 18.9 Å². The van der Waals surface area contributed by atoms with Crippen LogP contribution < -0.4 is 5.32 Å². The highest BCUT2D eigenvalue weighted by Gasteiger charge is 2.40. The Morgan fingerprint density at radius 2 is 1.81 bits per heavy atom. The molecule has 0 radical (unpaired) electrons. The van der Waals surface area contributed by atoms with Crippen molar-refractivity contribution >= 4 is 23.5 Å². The van der Waals surface area contributed by atoms with E-state index in [0.717, 1.165) is 0 Å². The molecule has 1 heterocycles. The van der Waals surface area contributed by atoms with Crippen LogP contribution in [0.5, 0.6) is 0 Å². The molecule has 1 aromatic heterocycles. The van der Waals surface area contributed by atoms with Gasteiger partial charge in [0, 0.05) is 19.7 Å². The van der Waals surface area contributed by atoms with Crippen LogP contribution in [0.1, 0.15) is 23.0 Å². The standard InChI is InChI=1S/C16H15F3N4O4/c1-9(24)22(2)8-13(25)21-10-3-5-11(6-4-10)23-14(16(17,18)19)12(7-20-23)15(26)27/h3-7H,8H2,1-2H3,(H,21,25)(H,26,27). The van der Waals surface area contributed by atoms with E-state index in [0.29, 0.717) is 16.6 Å². The van der Waals surface area contributed by atoms with E-state index in [4.69, 9.17) is 5.11 Å². The van der Waals surface area contributed by atoms with Crippen LogP contribution in [0.25, 0.3) is 5.69 Å². The molecule has 0 bridgehead atoms. The number of aromatic nitrogens is 2. The zero-order chi connectivity index (χ0) is 20.4. The van der Waals surface area contributed by atoms with Gasteiger partial charge in [-0.25, -0.2) is 9.48 Å². The Hall–Kier alpha value is -3.37. The van der Waals surface area contributed by atoms with Gasteiger partial charge in [-0.15, -0.1) is 0 Å². The quantitative estimate of drug-likeness (QED) is 0.821. The Morgan fingerprint density at radius 3 is 2.30 bits per heavy atom. The van der Waals surface area contributed by atoms with Gasteiger partial charge in [0.1, 0.15) is 5.56 Å². The normalized spacial score (nSPS) is 11.1. The molecule has 11 heteroatoms. The predicted octanol–water partition coefficient (Wildman–Crippen LogP) is 2.01. The summed E-state index contributed by atoms with van der Waals surface area (Å²) < 4.78 is 40.1. The lowest BCUT2D eigenvalue weighted by atomic mass is 10.2. The third-order valence-corrected chi connectivity index (χ3v) is 3.58. The van der Waals surface area contributed by atoms with Gasteiger partial charge in [0.15, 0.2) is 5.69 Å². The Bertz CT molecular complexity index is 875. The summed E-state index contributed by atoms with van der Waals surface area (Å²) in [5.74, 6) is -2.52. The molecular weight excluding hydrogens is 369 g/mol. The highest BCUT2D eigenvalue weighted by molar-refractivity contribution is 5.94. The molecule has 0 aliphatic heterocycles. The fraction of sp³-hybridized carbons (Fsp3) is 0.250. The molecular formula is C16H15F3N4O4. The summed E-state index contributed by atoms with van der Waals surface area (Å²) in [5.41, 5.74) is -2.12. The van der Waals surface area contributed by atoms with Crippen molar-refractivity contribution in [1.82, 2.24) is 14.7 Å². The Kier molecular flexibility index (Phi) is 5.52. The van der Waals surface area contributed by atoms with E-state index in [1.54, 1.807) is 0 Å². The maximum Gasteiger partial charge on any atom is 0.434 e. The average molecular weight is 384 g/mol. The molecule has 0 fully saturated rings. The summed E-state index contributed by atoms with van der Waals surface area (Å²) in [6.45, 7) is 1.12. The SMILES string of the molecule is CC(=O)N(C)CC(=O)Nc1ccc(-n2ncc(C(=O)O)c2C(F)(F)F)cc1. The molecule has 2 N–H and O–H groups in total. The molecule has 0 aliphatic carbocycles. The van der Waals surface area contributed by atoms with Crippen LogP contribution in [0.15, 0.2) is 30.5 Å². The van der Waals surface area contributed by atoms with Gasteiger partial charge in [-0.3, -0.25) is 9.59 Å². The number of carbonyl (C=O) groups excluding carboxylic acids is 2. The predicted molar refractivity (Wildman–Crippen MR) is 87.5 cm³/mol. The van der Waals surface area contributed by atoms with E-state index in [1.807, 2.05) is 0 Å². The molecule has 0 spiro atoms. The molecule has 0 aliphatic rings. The Morgan fingerprint density at radius 1 is 1.22 bits per heavy atom. The summed E-state index contributed by atoms with van der Waals surface area (Å²) in [6, 6.07) is 5.17.